The summed E-state index contributed by atoms with van der Waals surface area (Å²) < 4.78 is 5.46. The minimum Gasteiger partial charge on any atom is -0.481 e. The number of aryl methyl sites for hydroxylation is 2. The molecule has 2 amide bonds. The van der Waals surface area contributed by atoms with Gasteiger partial charge in [-0.1, -0.05) is 12.1 Å². The van der Waals surface area contributed by atoms with Crippen LogP contribution in [0.1, 0.15) is 30.4 Å². The Morgan fingerprint density at radius 2 is 2.07 bits per heavy atom. The van der Waals surface area contributed by atoms with E-state index >= 15 is 0 Å². The highest BCUT2D eigenvalue weighted by atomic mass is 16.5. The molecule has 8 heteroatoms. The van der Waals surface area contributed by atoms with Crippen molar-refractivity contribution in [2.24, 2.45) is 16.4 Å². The maximum absolute atomic E-state index is 13.2. The topological polar surface area (TPSA) is 99.5 Å². The first-order chi connectivity index (χ1) is 13.8. The van der Waals surface area contributed by atoms with Gasteiger partial charge in [0, 0.05) is 38.5 Å². The van der Waals surface area contributed by atoms with Crippen LogP contribution in [0.2, 0.25) is 0 Å². The van der Waals surface area contributed by atoms with Crippen LogP contribution in [0.3, 0.4) is 0 Å². The number of rotatable bonds is 3. The number of likely N-dealkylation sites (tertiary alicyclic amines) is 1. The number of hydrogen-bond acceptors (Lipinski definition) is 5. The standard InChI is InChI=1S/C21H25N3O5/c1-13-3-4-14(2)17(9-13)24-18(25)6-5-16(22-24)19(26)23-10-15-11-29-8-7-21(15,12-23)20(27)28/h3-4,9,15H,5-8,10-12H2,1-2H3,(H,27,28)/t15-,21+/m0/s1. The largest absolute Gasteiger partial charge is 0.481 e. The van der Waals surface area contributed by atoms with E-state index in [1.54, 1.807) is 4.90 Å². The number of aliphatic carboxylic acids is 1. The van der Waals surface area contributed by atoms with Crippen LogP contribution in [0.5, 0.6) is 0 Å². The Labute approximate surface area is 169 Å². The molecule has 1 aromatic carbocycles. The lowest BCUT2D eigenvalue weighted by Crippen LogP contribution is -2.45. The zero-order valence-electron chi connectivity index (χ0n) is 16.7. The van der Waals surface area contributed by atoms with Crippen molar-refractivity contribution in [3.8, 4) is 0 Å². The number of hydrogen-bond donors (Lipinski definition) is 1. The molecule has 0 bridgehead atoms. The number of carbonyl (C=O) groups excluding carboxylic acids is 2. The quantitative estimate of drug-likeness (QED) is 0.835. The molecule has 3 aliphatic rings. The van der Waals surface area contributed by atoms with E-state index in [0.717, 1.165) is 11.1 Å². The second kappa shape index (κ2) is 7.26. The van der Waals surface area contributed by atoms with Gasteiger partial charge in [-0.15, -0.1) is 0 Å². The third-order valence-electron chi connectivity index (χ3n) is 6.29. The van der Waals surface area contributed by atoms with E-state index in [2.05, 4.69) is 5.10 Å². The van der Waals surface area contributed by atoms with E-state index in [9.17, 15) is 19.5 Å². The molecule has 1 N–H and O–H groups in total. The van der Waals surface area contributed by atoms with Crippen molar-refractivity contribution < 1.29 is 24.2 Å². The van der Waals surface area contributed by atoms with Crippen molar-refractivity contribution in [3.05, 3.63) is 29.3 Å². The zero-order chi connectivity index (χ0) is 20.8. The van der Waals surface area contributed by atoms with E-state index in [4.69, 9.17) is 4.74 Å². The number of carboxylic acids is 1. The van der Waals surface area contributed by atoms with Gasteiger partial charge in [-0.05, 0) is 37.5 Å². The Kier molecular flexibility index (Phi) is 4.90. The summed E-state index contributed by atoms with van der Waals surface area (Å²) in [6.07, 6.45) is 0.857. The molecule has 154 valence electrons. The smallest absolute Gasteiger partial charge is 0.311 e. The Balaban J connectivity index is 1.61. The number of nitrogens with zero attached hydrogens (tertiary/aromatic N) is 3. The van der Waals surface area contributed by atoms with Gasteiger partial charge in [-0.25, -0.2) is 5.01 Å². The van der Waals surface area contributed by atoms with Crippen LogP contribution in [0.4, 0.5) is 5.69 Å². The molecular formula is C21H25N3O5. The molecule has 3 aliphatic heterocycles. The Morgan fingerprint density at radius 3 is 2.79 bits per heavy atom. The van der Waals surface area contributed by atoms with Crippen LogP contribution in [0, 0.1) is 25.2 Å². The van der Waals surface area contributed by atoms with Gasteiger partial charge in [0.05, 0.1) is 17.7 Å². The molecule has 3 heterocycles. The van der Waals surface area contributed by atoms with Crippen molar-refractivity contribution in [1.82, 2.24) is 4.90 Å². The molecule has 0 aromatic heterocycles. The number of anilines is 1. The summed E-state index contributed by atoms with van der Waals surface area (Å²) in [5, 5.41) is 15.5. The Morgan fingerprint density at radius 1 is 1.28 bits per heavy atom. The van der Waals surface area contributed by atoms with E-state index in [0.29, 0.717) is 37.6 Å². The number of carboxylic acid groups (broad SMARTS) is 1. The molecule has 4 rings (SSSR count). The first kappa shape index (κ1) is 19.6. The fourth-order valence-corrected chi connectivity index (χ4v) is 4.48. The highest BCUT2D eigenvalue weighted by Gasteiger charge is 2.55. The fourth-order valence-electron chi connectivity index (χ4n) is 4.48. The SMILES string of the molecule is Cc1ccc(C)c(N2N=C(C(=O)N3C[C@H]4COCC[C@@]4(C(=O)O)C3)CCC2=O)c1. The van der Waals surface area contributed by atoms with Gasteiger partial charge in [-0.3, -0.25) is 14.4 Å². The number of amides is 2. The summed E-state index contributed by atoms with van der Waals surface area (Å²) in [4.78, 5) is 39.2. The van der Waals surface area contributed by atoms with Gasteiger partial charge in [0.25, 0.3) is 5.91 Å². The third kappa shape index (κ3) is 3.31. The monoisotopic (exact) mass is 399 g/mol. The molecule has 0 radical (unpaired) electrons. The van der Waals surface area contributed by atoms with Crippen LogP contribution < -0.4 is 5.01 Å². The average molecular weight is 399 g/mol. The predicted molar refractivity (Wildman–Crippen MR) is 106 cm³/mol. The summed E-state index contributed by atoms with van der Waals surface area (Å²) in [7, 11) is 0. The molecule has 2 fully saturated rings. The van der Waals surface area contributed by atoms with Crippen LogP contribution in [-0.4, -0.2) is 59.8 Å². The lowest BCUT2D eigenvalue weighted by Gasteiger charge is -2.33. The maximum atomic E-state index is 13.2. The molecule has 2 atom stereocenters. The molecular weight excluding hydrogens is 374 g/mol. The maximum Gasteiger partial charge on any atom is 0.311 e. The number of benzene rings is 1. The summed E-state index contributed by atoms with van der Waals surface area (Å²) in [5.41, 5.74) is 1.91. The van der Waals surface area contributed by atoms with E-state index in [-0.39, 0.29) is 37.1 Å². The normalized spacial score (nSPS) is 26.9. The van der Waals surface area contributed by atoms with Crippen molar-refractivity contribution in [3.63, 3.8) is 0 Å². The lowest BCUT2D eigenvalue weighted by atomic mass is 9.74. The zero-order valence-corrected chi connectivity index (χ0v) is 16.7. The molecule has 0 aliphatic carbocycles. The first-order valence-electron chi connectivity index (χ1n) is 9.90. The van der Waals surface area contributed by atoms with Crippen molar-refractivity contribution in [1.29, 1.82) is 0 Å². The summed E-state index contributed by atoms with van der Waals surface area (Å²) in [6.45, 7) is 5.06. The number of carbonyl (C=O) groups is 3. The molecule has 0 spiro atoms. The number of ether oxygens (including phenoxy) is 1. The number of fused-ring (bicyclic) bond motifs is 1. The number of hydrazone groups is 1. The lowest BCUT2D eigenvalue weighted by molar-refractivity contribution is -0.157. The van der Waals surface area contributed by atoms with Crippen LogP contribution in [-0.2, 0) is 19.1 Å². The molecule has 2 saturated heterocycles. The molecule has 0 saturated carbocycles. The van der Waals surface area contributed by atoms with Gasteiger partial charge >= 0.3 is 5.97 Å². The second-order valence-corrected chi connectivity index (χ2v) is 8.21. The molecule has 29 heavy (non-hydrogen) atoms. The van der Waals surface area contributed by atoms with Crippen molar-refractivity contribution in [2.45, 2.75) is 33.1 Å². The van der Waals surface area contributed by atoms with Gasteiger partial charge < -0.3 is 14.7 Å². The second-order valence-electron chi connectivity index (χ2n) is 8.21. The molecule has 8 nitrogen and oxygen atoms in total. The highest BCUT2D eigenvalue weighted by Crippen LogP contribution is 2.42. The van der Waals surface area contributed by atoms with Gasteiger partial charge in [0.2, 0.25) is 5.91 Å². The summed E-state index contributed by atoms with van der Waals surface area (Å²) >= 11 is 0. The van der Waals surface area contributed by atoms with Crippen molar-refractivity contribution in [2.75, 3.05) is 31.3 Å². The average Bonchev–Trinajstić information content (AvgIpc) is 3.11. The highest BCUT2D eigenvalue weighted by molar-refractivity contribution is 6.40. The molecule has 1 aromatic rings. The van der Waals surface area contributed by atoms with Gasteiger partial charge in [0.15, 0.2) is 0 Å². The Bertz CT molecular complexity index is 912. The Hall–Kier alpha value is -2.74. The van der Waals surface area contributed by atoms with E-state index in [1.165, 1.54) is 5.01 Å². The predicted octanol–water partition coefficient (Wildman–Crippen LogP) is 1.74. The van der Waals surface area contributed by atoms with Crippen LogP contribution in [0.15, 0.2) is 23.3 Å². The minimum absolute atomic E-state index is 0.152. The third-order valence-corrected chi connectivity index (χ3v) is 6.29. The van der Waals surface area contributed by atoms with Gasteiger partial charge in [0.1, 0.15) is 5.71 Å². The van der Waals surface area contributed by atoms with Gasteiger partial charge in [-0.2, -0.15) is 5.10 Å². The van der Waals surface area contributed by atoms with Crippen LogP contribution in [0.25, 0.3) is 0 Å². The van der Waals surface area contributed by atoms with E-state index < -0.39 is 11.4 Å². The fraction of sp³-hybridized carbons (Fsp3) is 0.524. The first-order valence-corrected chi connectivity index (χ1v) is 9.90. The summed E-state index contributed by atoms with van der Waals surface area (Å²) in [6, 6.07) is 5.76. The van der Waals surface area contributed by atoms with Crippen LogP contribution >= 0.6 is 0 Å². The van der Waals surface area contributed by atoms with E-state index in [1.807, 2.05) is 32.0 Å². The minimum atomic E-state index is -0.953. The van der Waals surface area contributed by atoms with Crippen molar-refractivity contribution >= 4 is 29.2 Å². The summed E-state index contributed by atoms with van der Waals surface area (Å²) in [5.74, 6) is -1.54. The molecule has 0 unspecified atom stereocenters.